The van der Waals surface area contributed by atoms with Crippen molar-refractivity contribution in [3.63, 3.8) is 0 Å². The highest BCUT2D eigenvalue weighted by atomic mass is 16.2. The third kappa shape index (κ3) is 4.61. The van der Waals surface area contributed by atoms with Crippen molar-refractivity contribution in [1.82, 2.24) is 20.1 Å². The summed E-state index contributed by atoms with van der Waals surface area (Å²) >= 11 is 0. The van der Waals surface area contributed by atoms with Crippen molar-refractivity contribution in [2.75, 3.05) is 39.8 Å². The smallest absolute Gasteiger partial charge is 0.223 e. The van der Waals surface area contributed by atoms with Crippen LogP contribution in [0.4, 0.5) is 0 Å². The second kappa shape index (κ2) is 7.21. The standard InChI is InChI=1S/C14H22N4O/c1-17(12-13-4-2-3-6-16-13)9-5-14(19)18-10-7-15-8-11-18/h2-4,6,15H,5,7-12H2,1H3. The minimum Gasteiger partial charge on any atom is -0.340 e. The van der Waals surface area contributed by atoms with Crippen molar-refractivity contribution in [2.45, 2.75) is 13.0 Å². The predicted octanol–water partition coefficient (Wildman–Crippen LogP) is 0.335. The van der Waals surface area contributed by atoms with E-state index in [1.54, 1.807) is 6.20 Å². The second-order valence-corrected chi connectivity index (χ2v) is 4.94. The van der Waals surface area contributed by atoms with Gasteiger partial charge in [-0.15, -0.1) is 0 Å². The summed E-state index contributed by atoms with van der Waals surface area (Å²) in [7, 11) is 2.03. The van der Waals surface area contributed by atoms with Gasteiger partial charge in [0.15, 0.2) is 0 Å². The summed E-state index contributed by atoms with van der Waals surface area (Å²) in [5, 5.41) is 3.25. The van der Waals surface area contributed by atoms with E-state index in [1.165, 1.54) is 0 Å². The SMILES string of the molecule is CN(CCC(=O)N1CCNCC1)Cc1ccccn1. The zero-order chi connectivity index (χ0) is 13.5. The number of piperazine rings is 1. The maximum Gasteiger partial charge on any atom is 0.223 e. The summed E-state index contributed by atoms with van der Waals surface area (Å²) < 4.78 is 0. The molecule has 0 radical (unpaired) electrons. The largest absolute Gasteiger partial charge is 0.340 e. The van der Waals surface area contributed by atoms with Crippen LogP contribution >= 0.6 is 0 Å². The zero-order valence-electron chi connectivity index (χ0n) is 11.5. The highest BCUT2D eigenvalue weighted by Gasteiger charge is 2.16. The maximum atomic E-state index is 12.0. The molecular formula is C14H22N4O. The summed E-state index contributed by atoms with van der Waals surface area (Å²) in [6.45, 7) is 5.06. The van der Waals surface area contributed by atoms with Crippen LogP contribution < -0.4 is 5.32 Å². The first kappa shape index (κ1) is 14.0. The van der Waals surface area contributed by atoms with Gasteiger partial charge >= 0.3 is 0 Å². The lowest BCUT2D eigenvalue weighted by Gasteiger charge is -2.28. The molecule has 1 amide bonds. The molecule has 0 spiro atoms. The predicted molar refractivity (Wildman–Crippen MR) is 74.6 cm³/mol. The molecule has 2 heterocycles. The first-order valence-corrected chi connectivity index (χ1v) is 6.82. The summed E-state index contributed by atoms with van der Waals surface area (Å²) in [6.07, 6.45) is 2.39. The minimum atomic E-state index is 0.259. The lowest BCUT2D eigenvalue weighted by molar-refractivity contribution is -0.132. The molecule has 0 unspecified atom stereocenters. The third-order valence-corrected chi connectivity index (χ3v) is 3.34. The molecule has 1 saturated heterocycles. The summed E-state index contributed by atoms with van der Waals surface area (Å²) in [5.41, 5.74) is 1.04. The van der Waals surface area contributed by atoms with Crippen LogP contribution in [0.2, 0.25) is 0 Å². The molecule has 1 aromatic rings. The summed E-state index contributed by atoms with van der Waals surface area (Å²) in [5.74, 6) is 0.259. The van der Waals surface area contributed by atoms with Crippen molar-refractivity contribution < 1.29 is 4.79 Å². The van der Waals surface area contributed by atoms with E-state index in [4.69, 9.17) is 0 Å². The Hall–Kier alpha value is -1.46. The first-order valence-electron chi connectivity index (χ1n) is 6.82. The van der Waals surface area contributed by atoms with E-state index in [9.17, 15) is 4.79 Å². The molecule has 1 fully saturated rings. The molecule has 0 aromatic carbocycles. The van der Waals surface area contributed by atoms with E-state index in [1.807, 2.05) is 30.1 Å². The fourth-order valence-electron chi connectivity index (χ4n) is 2.21. The number of nitrogens with zero attached hydrogens (tertiary/aromatic N) is 3. The van der Waals surface area contributed by atoms with Gasteiger partial charge in [-0.1, -0.05) is 6.07 Å². The number of pyridine rings is 1. The molecule has 1 aliphatic rings. The van der Waals surface area contributed by atoms with Crippen molar-refractivity contribution in [2.24, 2.45) is 0 Å². The van der Waals surface area contributed by atoms with Gasteiger partial charge in [0, 0.05) is 51.9 Å². The van der Waals surface area contributed by atoms with Crippen LogP contribution in [-0.2, 0) is 11.3 Å². The van der Waals surface area contributed by atoms with Crippen LogP contribution in [0.25, 0.3) is 0 Å². The number of rotatable bonds is 5. The number of hydrogen-bond donors (Lipinski definition) is 1. The van der Waals surface area contributed by atoms with E-state index in [-0.39, 0.29) is 5.91 Å². The molecule has 5 nitrogen and oxygen atoms in total. The van der Waals surface area contributed by atoms with Crippen LogP contribution in [0.3, 0.4) is 0 Å². The summed E-state index contributed by atoms with van der Waals surface area (Å²) in [6, 6.07) is 5.91. The molecule has 1 aliphatic heterocycles. The average Bonchev–Trinajstić information content (AvgIpc) is 2.47. The molecule has 5 heteroatoms. The maximum absolute atomic E-state index is 12.0. The Bertz CT molecular complexity index is 390. The molecule has 0 bridgehead atoms. The Labute approximate surface area is 114 Å². The Morgan fingerprint density at radius 1 is 1.42 bits per heavy atom. The molecule has 0 aliphatic carbocycles. The molecule has 104 valence electrons. The van der Waals surface area contributed by atoms with E-state index in [0.29, 0.717) is 6.42 Å². The van der Waals surface area contributed by atoms with Crippen molar-refractivity contribution in [3.05, 3.63) is 30.1 Å². The van der Waals surface area contributed by atoms with E-state index in [0.717, 1.165) is 45.0 Å². The minimum absolute atomic E-state index is 0.259. The molecule has 0 saturated carbocycles. The van der Waals surface area contributed by atoms with Gasteiger partial charge in [0.25, 0.3) is 0 Å². The highest BCUT2D eigenvalue weighted by Crippen LogP contribution is 2.02. The van der Waals surface area contributed by atoms with Crippen LogP contribution in [0.1, 0.15) is 12.1 Å². The van der Waals surface area contributed by atoms with Gasteiger partial charge in [-0.3, -0.25) is 9.78 Å². The molecule has 2 rings (SSSR count). The van der Waals surface area contributed by atoms with Gasteiger partial charge in [0.1, 0.15) is 0 Å². The number of amides is 1. The Balaban J connectivity index is 1.71. The van der Waals surface area contributed by atoms with Gasteiger partial charge in [-0.05, 0) is 19.2 Å². The van der Waals surface area contributed by atoms with Crippen LogP contribution in [0, 0.1) is 0 Å². The van der Waals surface area contributed by atoms with E-state index < -0.39 is 0 Å². The van der Waals surface area contributed by atoms with Gasteiger partial charge < -0.3 is 15.1 Å². The Morgan fingerprint density at radius 3 is 2.89 bits per heavy atom. The topological polar surface area (TPSA) is 48.5 Å². The Morgan fingerprint density at radius 2 is 2.21 bits per heavy atom. The normalized spacial score (nSPS) is 15.8. The zero-order valence-corrected chi connectivity index (χ0v) is 11.5. The van der Waals surface area contributed by atoms with Gasteiger partial charge in [0.2, 0.25) is 5.91 Å². The number of aromatic nitrogens is 1. The van der Waals surface area contributed by atoms with Crippen molar-refractivity contribution in [1.29, 1.82) is 0 Å². The van der Waals surface area contributed by atoms with Crippen LogP contribution in [0.5, 0.6) is 0 Å². The van der Waals surface area contributed by atoms with Gasteiger partial charge in [0.05, 0.1) is 5.69 Å². The van der Waals surface area contributed by atoms with E-state index in [2.05, 4.69) is 15.2 Å². The van der Waals surface area contributed by atoms with E-state index >= 15 is 0 Å². The second-order valence-electron chi connectivity index (χ2n) is 4.94. The van der Waals surface area contributed by atoms with Crippen LogP contribution in [0.15, 0.2) is 24.4 Å². The first-order chi connectivity index (χ1) is 9.25. The third-order valence-electron chi connectivity index (χ3n) is 3.34. The number of nitrogens with one attached hydrogen (secondary N) is 1. The number of carbonyl (C=O) groups is 1. The van der Waals surface area contributed by atoms with Crippen molar-refractivity contribution >= 4 is 5.91 Å². The monoisotopic (exact) mass is 262 g/mol. The van der Waals surface area contributed by atoms with Gasteiger partial charge in [-0.2, -0.15) is 0 Å². The molecular weight excluding hydrogens is 240 g/mol. The quantitative estimate of drug-likeness (QED) is 0.831. The van der Waals surface area contributed by atoms with Crippen molar-refractivity contribution in [3.8, 4) is 0 Å². The van der Waals surface area contributed by atoms with Gasteiger partial charge in [-0.25, -0.2) is 0 Å². The molecule has 19 heavy (non-hydrogen) atoms. The van der Waals surface area contributed by atoms with Crippen LogP contribution in [-0.4, -0.2) is 60.5 Å². The number of hydrogen-bond acceptors (Lipinski definition) is 4. The molecule has 1 aromatic heterocycles. The Kier molecular flexibility index (Phi) is 5.30. The highest BCUT2D eigenvalue weighted by molar-refractivity contribution is 5.76. The molecule has 0 atom stereocenters. The fourth-order valence-corrected chi connectivity index (χ4v) is 2.21. The lowest BCUT2D eigenvalue weighted by atomic mass is 10.3. The number of carbonyl (C=O) groups excluding carboxylic acids is 1. The fraction of sp³-hybridized carbons (Fsp3) is 0.571. The summed E-state index contributed by atoms with van der Waals surface area (Å²) in [4.78, 5) is 20.4. The molecule has 1 N–H and O–H groups in total. The average molecular weight is 262 g/mol. The lowest BCUT2D eigenvalue weighted by Crippen LogP contribution is -2.47.